The minimum absolute atomic E-state index is 0.593. The van der Waals surface area contributed by atoms with Gasteiger partial charge < -0.3 is 19.7 Å². The number of nitrogens with one attached hydrogen (secondary N) is 1. The van der Waals surface area contributed by atoms with E-state index in [1.807, 2.05) is 12.1 Å². The van der Waals surface area contributed by atoms with Crippen LogP contribution in [-0.4, -0.2) is 50.8 Å². The lowest BCUT2D eigenvalue weighted by Gasteiger charge is -2.22. The van der Waals surface area contributed by atoms with Crippen LogP contribution in [-0.2, 0) is 11.3 Å². The van der Waals surface area contributed by atoms with E-state index < -0.39 is 0 Å². The molecule has 1 atom stereocenters. The lowest BCUT2D eigenvalue weighted by atomic mass is 10.1. The molecule has 5 heteroatoms. The van der Waals surface area contributed by atoms with Gasteiger partial charge >= 0.3 is 0 Å². The van der Waals surface area contributed by atoms with Gasteiger partial charge in [-0.05, 0) is 31.7 Å². The van der Waals surface area contributed by atoms with E-state index >= 15 is 0 Å². The van der Waals surface area contributed by atoms with Gasteiger partial charge in [0.25, 0.3) is 0 Å². The van der Waals surface area contributed by atoms with Gasteiger partial charge in [0.15, 0.2) is 5.96 Å². The van der Waals surface area contributed by atoms with Crippen molar-refractivity contribution in [1.82, 2.24) is 10.2 Å². The van der Waals surface area contributed by atoms with Gasteiger partial charge in [0, 0.05) is 38.2 Å². The molecule has 1 heterocycles. The second-order valence-corrected chi connectivity index (χ2v) is 7.36. The molecule has 1 fully saturated rings. The summed E-state index contributed by atoms with van der Waals surface area (Å²) in [6.07, 6.45) is 2.22. The first kappa shape index (κ1) is 20.6. The van der Waals surface area contributed by atoms with Crippen molar-refractivity contribution in [3.05, 3.63) is 29.8 Å². The molecule has 1 unspecified atom stereocenters. The molecule has 1 N–H and O–H groups in total. The number of methoxy groups -OCH3 is 1. The Labute approximate surface area is 158 Å². The summed E-state index contributed by atoms with van der Waals surface area (Å²) >= 11 is 0. The lowest BCUT2D eigenvalue weighted by molar-refractivity contribution is 0.157. The Morgan fingerprint density at radius 2 is 2.15 bits per heavy atom. The number of aliphatic imine (C=N–C) groups is 1. The molecule has 0 bridgehead atoms. The van der Waals surface area contributed by atoms with Gasteiger partial charge in [-0.2, -0.15) is 0 Å². The van der Waals surface area contributed by atoms with Gasteiger partial charge in [-0.1, -0.05) is 32.0 Å². The second kappa shape index (κ2) is 11.1. The van der Waals surface area contributed by atoms with E-state index in [-0.39, 0.29) is 0 Å². The van der Waals surface area contributed by atoms with E-state index in [1.54, 1.807) is 7.11 Å². The van der Waals surface area contributed by atoms with Crippen LogP contribution in [0.4, 0.5) is 0 Å². The van der Waals surface area contributed by atoms with Crippen molar-refractivity contribution in [3.8, 4) is 5.75 Å². The van der Waals surface area contributed by atoms with Gasteiger partial charge in [-0.25, -0.2) is 4.99 Å². The highest BCUT2D eigenvalue weighted by Crippen LogP contribution is 2.21. The predicted molar refractivity (Wildman–Crippen MR) is 108 cm³/mol. The molecule has 0 amide bonds. The first-order chi connectivity index (χ1) is 12.6. The van der Waals surface area contributed by atoms with E-state index in [0.29, 0.717) is 18.4 Å². The third kappa shape index (κ3) is 6.52. The molecule has 5 nitrogen and oxygen atoms in total. The fourth-order valence-electron chi connectivity index (χ4n) is 3.16. The number of hydrogen-bond acceptors (Lipinski definition) is 3. The number of nitrogens with zero attached hydrogens (tertiary/aromatic N) is 2. The Bertz CT molecular complexity index is 560. The predicted octanol–water partition coefficient (Wildman–Crippen LogP) is 3.55. The number of hydrogen-bond donors (Lipinski definition) is 1. The minimum atomic E-state index is 0.593. The maximum absolute atomic E-state index is 5.99. The smallest absolute Gasteiger partial charge is 0.194 e. The van der Waals surface area contributed by atoms with Gasteiger partial charge in [-0.3, -0.25) is 0 Å². The zero-order valence-corrected chi connectivity index (χ0v) is 16.8. The fraction of sp³-hybridized carbons (Fsp3) is 0.667. The molecule has 146 valence electrons. The number of ether oxygens (including phenoxy) is 2. The number of rotatable bonds is 9. The Kier molecular flexibility index (Phi) is 8.75. The highest BCUT2D eigenvalue weighted by molar-refractivity contribution is 5.80. The van der Waals surface area contributed by atoms with Crippen molar-refractivity contribution in [2.75, 3.05) is 40.0 Å². The average molecular weight is 362 g/mol. The molecule has 1 aromatic carbocycles. The Balaban J connectivity index is 2.00. The Morgan fingerprint density at radius 3 is 2.88 bits per heavy atom. The maximum Gasteiger partial charge on any atom is 0.194 e. The summed E-state index contributed by atoms with van der Waals surface area (Å²) in [6, 6.07) is 8.23. The number of guanidine groups is 1. The van der Waals surface area contributed by atoms with Gasteiger partial charge in [0.2, 0.25) is 0 Å². The average Bonchev–Trinajstić information content (AvgIpc) is 3.08. The monoisotopic (exact) mass is 361 g/mol. The zero-order valence-electron chi connectivity index (χ0n) is 16.8. The van der Waals surface area contributed by atoms with E-state index in [1.165, 1.54) is 0 Å². The second-order valence-electron chi connectivity index (χ2n) is 7.36. The van der Waals surface area contributed by atoms with Gasteiger partial charge in [-0.15, -0.1) is 0 Å². The Hall–Kier alpha value is -1.75. The zero-order chi connectivity index (χ0) is 18.8. The highest BCUT2D eigenvalue weighted by atomic mass is 16.5. The highest BCUT2D eigenvalue weighted by Gasteiger charge is 2.24. The Morgan fingerprint density at radius 1 is 1.35 bits per heavy atom. The molecular formula is C21H35N3O2. The van der Waals surface area contributed by atoms with Crippen molar-refractivity contribution >= 4 is 5.96 Å². The molecule has 0 saturated carbocycles. The summed E-state index contributed by atoms with van der Waals surface area (Å²) in [7, 11) is 1.78. The van der Waals surface area contributed by atoms with Crippen molar-refractivity contribution in [2.24, 2.45) is 16.8 Å². The van der Waals surface area contributed by atoms with Crippen molar-refractivity contribution in [2.45, 2.75) is 40.2 Å². The summed E-state index contributed by atoms with van der Waals surface area (Å²) in [5.41, 5.74) is 1.14. The van der Waals surface area contributed by atoms with Crippen molar-refractivity contribution in [3.63, 3.8) is 0 Å². The largest absolute Gasteiger partial charge is 0.493 e. The molecule has 2 rings (SSSR count). The van der Waals surface area contributed by atoms with Crippen LogP contribution in [0.1, 0.15) is 39.2 Å². The number of benzene rings is 1. The molecule has 1 aromatic rings. The first-order valence-electron chi connectivity index (χ1n) is 9.86. The third-order valence-corrected chi connectivity index (χ3v) is 4.65. The SMILES string of the molecule is CCNC(=NCc1ccccc1OCCC(C)C)N1CCC(COC)C1. The van der Waals surface area contributed by atoms with E-state index in [0.717, 1.165) is 63.0 Å². The normalized spacial score (nSPS) is 17.8. The van der Waals surface area contributed by atoms with E-state index in [4.69, 9.17) is 14.5 Å². The number of para-hydroxylation sites is 1. The summed E-state index contributed by atoms with van der Waals surface area (Å²) in [4.78, 5) is 7.22. The maximum atomic E-state index is 5.99. The molecule has 0 aromatic heterocycles. The van der Waals surface area contributed by atoms with Crippen LogP contribution in [0.3, 0.4) is 0 Å². The fourth-order valence-corrected chi connectivity index (χ4v) is 3.16. The minimum Gasteiger partial charge on any atom is -0.493 e. The van der Waals surface area contributed by atoms with Crippen LogP contribution in [0, 0.1) is 11.8 Å². The molecule has 0 spiro atoms. The summed E-state index contributed by atoms with van der Waals surface area (Å²) < 4.78 is 11.3. The molecule has 0 radical (unpaired) electrons. The molecule has 26 heavy (non-hydrogen) atoms. The van der Waals surface area contributed by atoms with Crippen molar-refractivity contribution in [1.29, 1.82) is 0 Å². The summed E-state index contributed by atoms with van der Waals surface area (Å²) in [6.45, 7) is 11.7. The topological polar surface area (TPSA) is 46.1 Å². The quantitative estimate of drug-likeness (QED) is 0.540. The molecular weight excluding hydrogens is 326 g/mol. The summed E-state index contributed by atoms with van der Waals surface area (Å²) in [5, 5.41) is 3.43. The molecule has 0 aliphatic carbocycles. The lowest BCUT2D eigenvalue weighted by Crippen LogP contribution is -2.40. The van der Waals surface area contributed by atoms with Crippen LogP contribution < -0.4 is 10.1 Å². The van der Waals surface area contributed by atoms with Crippen LogP contribution in [0.5, 0.6) is 5.75 Å². The van der Waals surface area contributed by atoms with Crippen LogP contribution in [0.15, 0.2) is 29.3 Å². The van der Waals surface area contributed by atoms with Crippen molar-refractivity contribution < 1.29 is 9.47 Å². The van der Waals surface area contributed by atoms with Crippen LogP contribution >= 0.6 is 0 Å². The third-order valence-electron chi connectivity index (χ3n) is 4.65. The van der Waals surface area contributed by atoms with E-state index in [2.05, 4.69) is 43.1 Å². The molecule has 1 saturated heterocycles. The number of likely N-dealkylation sites (tertiary alicyclic amines) is 1. The first-order valence-corrected chi connectivity index (χ1v) is 9.86. The van der Waals surface area contributed by atoms with E-state index in [9.17, 15) is 0 Å². The van der Waals surface area contributed by atoms with Crippen LogP contribution in [0.2, 0.25) is 0 Å². The molecule has 1 aliphatic rings. The summed E-state index contributed by atoms with van der Waals surface area (Å²) in [5.74, 6) is 3.18. The van der Waals surface area contributed by atoms with Gasteiger partial charge in [0.05, 0.1) is 19.8 Å². The molecule has 1 aliphatic heterocycles. The van der Waals surface area contributed by atoms with Crippen LogP contribution in [0.25, 0.3) is 0 Å². The van der Waals surface area contributed by atoms with Gasteiger partial charge in [0.1, 0.15) is 5.75 Å². The standard InChI is InChI=1S/C21H35N3O2/c1-5-22-21(24-12-10-18(15-24)16-25-4)23-14-19-8-6-7-9-20(19)26-13-11-17(2)3/h6-9,17-18H,5,10-16H2,1-4H3,(H,22,23).